The van der Waals surface area contributed by atoms with Crippen LogP contribution in [0.15, 0.2) is 56.8 Å². The maximum absolute atomic E-state index is 14.1. The summed E-state index contributed by atoms with van der Waals surface area (Å²) in [5.74, 6) is -0.871. The van der Waals surface area contributed by atoms with Gasteiger partial charge in [-0.05, 0) is 31.2 Å². The second-order valence-electron chi connectivity index (χ2n) is 7.70. The predicted octanol–water partition coefficient (Wildman–Crippen LogP) is 4.40. The van der Waals surface area contributed by atoms with Gasteiger partial charge in [-0.1, -0.05) is 36.9 Å². The number of amidine groups is 1. The van der Waals surface area contributed by atoms with E-state index in [1.165, 1.54) is 49.0 Å². The van der Waals surface area contributed by atoms with Gasteiger partial charge in [-0.2, -0.15) is 0 Å². The molecule has 0 aliphatic carbocycles. The van der Waals surface area contributed by atoms with Crippen molar-refractivity contribution in [2.75, 3.05) is 20.6 Å². The van der Waals surface area contributed by atoms with Gasteiger partial charge in [0.1, 0.15) is 0 Å². The molecule has 4 rings (SSSR count). The van der Waals surface area contributed by atoms with Crippen molar-refractivity contribution in [3.8, 4) is 0 Å². The Bertz CT molecular complexity index is 1350. The van der Waals surface area contributed by atoms with E-state index >= 15 is 0 Å². The summed E-state index contributed by atoms with van der Waals surface area (Å²) in [6.07, 6.45) is 0. The van der Waals surface area contributed by atoms with Crippen LogP contribution in [0.4, 0.5) is 10.1 Å². The average Bonchev–Trinajstić information content (AvgIpc) is 3.28. The number of sulfonamides is 1. The molecule has 0 saturated carbocycles. The maximum atomic E-state index is 14.1. The Morgan fingerprint density at radius 2 is 1.97 bits per heavy atom. The Morgan fingerprint density at radius 1 is 1.25 bits per heavy atom. The Hall–Kier alpha value is -2.69. The molecule has 0 radical (unpaired) electrons. The van der Waals surface area contributed by atoms with Gasteiger partial charge in [-0.3, -0.25) is 9.69 Å². The number of thioether (sulfide) groups is 1. The fraction of sp³-hybridized carbons (Fsp3) is 0.273. The van der Waals surface area contributed by atoms with Crippen LogP contribution in [0, 0.1) is 12.7 Å². The van der Waals surface area contributed by atoms with Gasteiger partial charge in [-0.25, -0.2) is 22.1 Å². The summed E-state index contributed by atoms with van der Waals surface area (Å²) in [5.41, 5.74) is 1.02. The van der Waals surface area contributed by atoms with E-state index in [4.69, 9.17) is 4.42 Å². The predicted molar refractivity (Wildman–Crippen MR) is 123 cm³/mol. The number of aryl methyl sites for hydroxylation is 1. The van der Waals surface area contributed by atoms with Crippen LogP contribution in [-0.2, 0) is 10.0 Å². The van der Waals surface area contributed by atoms with Crippen molar-refractivity contribution in [3.05, 3.63) is 59.6 Å². The highest BCUT2D eigenvalue weighted by Crippen LogP contribution is 2.33. The van der Waals surface area contributed by atoms with E-state index in [1.807, 2.05) is 6.92 Å². The normalized spacial score (nSPS) is 18.2. The van der Waals surface area contributed by atoms with E-state index in [1.54, 1.807) is 31.2 Å². The van der Waals surface area contributed by atoms with E-state index in [0.29, 0.717) is 28.3 Å². The van der Waals surface area contributed by atoms with E-state index in [9.17, 15) is 17.6 Å². The summed E-state index contributed by atoms with van der Waals surface area (Å²) in [4.78, 5) is 19.5. The second-order valence-corrected chi connectivity index (χ2v) is 11.3. The molecule has 10 heteroatoms. The molecule has 32 heavy (non-hydrogen) atoms. The Kier molecular flexibility index (Phi) is 5.87. The number of amides is 1. The topological polar surface area (TPSA) is 83.2 Å². The SMILES string of the molecule is Cc1c(C(=O)N2CC(C)SC2=Nc2cccc(S(=O)(=O)N(C)C)c2)oc2c(F)cccc12. The molecule has 1 unspecified atom stereocenters. The minimum Gasteiger partial charge on any atom is -0.448 e. The molecule has 1 atom stereocenters. The fourth-order valence-electron chi connectivity index (χ4n) is 3.44. The van der Waals surface area contributed by atoms with Gasteiger partial charge in [0.15, 0.2) is 22.3 Å². The number of carbonyl (C=O) groups is 1. The molecule has 0 spiro atoms. The standard InChI is InChI=1S/C22H22FN3O4S2/c1-13-12-26(21(27)19-14(2)17-9-6-10-18(23)20(17)30-19)22(31-13)24-15-7-5-8-16(11-15)32(28,29)25(3)4/h5-11,13H,12H2,1-4H3. The van der Waals surface area contributed by atoms with Crippen molar-refractivity contribution in [1.29, 1.82) is 0 Å². The van der Waals surface area contributed by atoms with Crippen molar-refractivity contribution in [2.45, 2.75) is 24.0 Å². The number of halogens is 1. The largest absolute Gasteiger partial charge is 0.448 e. The second kappa shape index (κ2) is 8.34. The molecule has 1 amide bonds. The molecule has 1 fully saturated rings. The van der Waals surface area contributed by atoms with Gasteiger partial charge in [0.2, 0.25) is 10.0 Å². The molecule has 1 aliphatic heterocycles. The lowest BCUT2D eigenvalue weighted by Crippen LogP contribution is -2.32. The maximum Gasteiger partial charge on any atom is 0.295 e. The molecular weight excluding hydrogens is 453 g/mol. The summed E-state index contributed by atoms with van der Waals surface area (Å²) >= 11 is 1.41. The smallest absolute Gasteiger partial charge is 0.295 e. The average molecular weight is 476 g/mol. The highest BCUT2D eigenvalue weighted by Gasteiger charge is 2.34. The van der Waals surface area contributed by atoms with Crippen molar-refractivity contribution in [2.24, 2.45) is 4.99 Å². The number of fused-ring (bicyclic) bond motifs is 1. The Labute approximate surface area is 190 Å². The van der Waals surface area contributed by atoms with E-state index in [0.717, 1.165) is 4.31 Å². The van der Waals surface area contributed by atoms with Crippen molar-refractivity contribution < 1.29 is 22.0 Å². The van der Waals surface area contributed by atoms with Crippen LogP contribution in [0.5, 0.6) is 0 Å². The zero-order valence-electron chi connectivity index (χ0n) is 18.0. The Morgan fingerprint density at radius 3 is 2.66 bits per heavy atom. The van der Waals surface area contributed by atoms with E-state index < -0.39 is 21.7 Å². The fourth-order valence-corrected chi connectivity index (χ4v) is 5.41. The van der Waals surface area contributed by atoms with Gasteiger partial charge >= 0.3 is 0 Å². The first-order valence-electron chi connectivity index (χ1n) is 9.87. The quantitative estimate of drug-likeness (QED) is 0.559. The van der Waals surface area contributed by atoms with Gasteiger partial charge in [-0.15, -0.1) is 0 Å². The third kappa shape index (κ3) is 3.94. The number of rotatable bonds is 4. The third-order valence-corrected chi connectivity index (χ3v) is 8.04. The molecule has 0 bridgehead atoms. The van der Waals surface area contributed by atoms with Crippen molar-refractivity contribution in [1.82, 2.24) is 9.21 Å². The van der Waals surface area contributed by atoms with Crippen LogP contribution in [0.3, 0.4) is 0 Å². The lowest BCUT2D eigenvalue weighted by atomic mass is 10.1. The van der Waals surface area contributed by atoms with Crippen LogP contribution in [-0.4, -0.2) is 54.6 Å². The summed E-state index contributed by atoms with van der Waals surface area (Å²) in [7, 11) is -0.696. The summed E-state index contributed by atoms with van der Waals surface area (Å²) in [6, 6.07) is 10.8. The summed E-state index contributed by atoms with van der Waals surface area (Å²) < 4.78 is 45.8. The van der Waals surface area contributed by atoms with Crippen LogP contribution >= 0.6 is 11.8 Å². The molecule has 1 aliphatic rings. The summed E-state index contributed by atoms with van der Waals surface area (Å²) in [5, 5.41) is 1.06. The third-order valence-electron chi connectivity index (χ3n) is 5.15. The molecule has 1 saturated heterocycles. The van der Waals surface area contributed by atoms with E-state index in [-0.39, 0.29) is 21.5 Å². The highest BCUT2D eigenvalue weighted by molar-refractivity contribution is 8.14. The molecule has 2 aromatic carbocycles. The highest BCUT2D eigenvalue weighted by atomic mass is 32.2. The van der Waals surface area contributed by atoms with Gasteiger partial charge < -0.3 is 4.42 Å². The van der Waals surface area contributed by atoms with Crippen LogP contribution in [0.2, 0.25) is 0 Å². The minimum absolute atomic E-state index is 0.0494. The van der Waals surface area contributed by atoms with Crippen LogP contribution in [0.1, 0.15) is 23.0 Å². The molecular formula is C22H22FN3O4S2. The van der Waals surface area contributed by atoms with Crippen LogP contribution in [0.25, 0.3) is 11.0 Å². The number of carbonyl (C=O) groups excluding carboxylic acids is 1. The molecule has 7 nitrogen and oxygen atoms in total. The Balaban J connectivity index is 1.72. The lowest BCUT2D eigenvalue weighted by molar-refractivity contribution is 0.0826. The molecule has 3 aromatic rings. The van der Waals surface area contributed by atoms with Gasteiger partial charge in [0.05, 0.1) is 10.6 Å². The molecule has 168 valence electrons. The minimum atomic E-state index is -3.61. The van der Waals surface area contributed by atoms with Crippen LogP contribution < -0.4 is 0 Å². The molecule has 2 heterocycles. The number of benzene rings is 2. The van der Waals surface area contributed by atoms with Gasteiger partial charge in [0, 0.05) is 36.8 Å². The number of hydrogen-bond acceptors (Lipinski definition) is 6. The number of nitrogens with zero attached hydrogens (tertiary/aromatic N) is 3. The number of aliphatic imine (C=N–C) groups is 1. The number of para-hydroxylation sites is 1. The number of furan rings is 1. The monoisotopic (exact) mass is 475 g/mol. The van der Waals surface area contributed by atoms with Gasteiger partial charge in [0.25, 0.3) is 5.91 Å². The summed E-state index contributed by atoms with van der Waals surface area (Å²) in [6.45, 7) is 4.08. The zero-order chi connectivity index (χ0) is 23.2. The zero-order valence-corrected chi connectivity index (χ0v) is 19.6. The first kappa shape index (κ1) is 22.5. The number of hydrogen-bond donors (Lipinski definition) is 0. The van der Waals surface area contributed by atoms with E-state index in [2.05, 4.69) is 4.99 Å². The van der Waals surface area contributed by atoms with Crippen molar-refractivity contribution in [3.63, 3.8) is 0 Å². The lowest BCUT2D eigenvalue weighted by Gasteiger charge is -2.15. The molecule has 0 N–H and O–H groups in total. The molecule has 1 aromatic heterocycles. The van der Waals surface area contributed by atoms with Crippen molar-refractivity contribution >= 4 is 49.5 Å². The first-order chi connectivity index (χ1) is 15.1. The first-order valence-corrected chi connectivity index (χ1v) is 12.2.